The number of rotatable bonds is 3. The summed E-state index contributed by atoms with van der Waals surface area (Å²) < 4.78 is 14.9. The first-order valence-electron chi connectivity index (χ1n) is 7.50. The van der Waals surface area contributed by atoms with Crippen molar-refractivity contribution in [3.63, 3.8) is 0 Å². The van der Waals surface area contributed by atoms with Crippen LogP contribution in [0, 0.1) is 5.82 Å². The van der Waals surface area contributed by atoms with Gasteiger partial charge in [0, 0.05) is 12.6 Å². The maximum Gasteiger partial charge on any atom is 0.261 e. The summed E-state index contributed by atoms with van der Waals surface area (Å²) >= 11 is 0. The van der Waals surface area contributed by atoms with E-state index in [0.717, 1.165) is 13.0 Å². The third-order valence-electron chi connectivity index (χ3n) is 4.41. The fraction of sp³-hybridized carbons (Fsp3) is 0.500. The van der Waals surface area contributed by atoms with Crippen molar-refractivity contribution >= 4 is 10.9 Å². The lowest BCUT2D eigenvalue weighted by atomic mass is 10.0. The number of likely N-dealkylation sites (tertiary alicyclic amines) is 1. The van der Waals surface area contributed by atoms with Gasteiger partial charge in [0.1, 0.15) is 5.82 Å². The average molecular weight is 289 g/mol. The molecular formula is C16H20FN3O. The number of halogens is 1. The van der Waals surface area contributed by atoms with Gasteiger partial charge in [-0.3, -0.25) is 9.36 Å². The minimum Gasteiger partial charge on any atom is -0.303 e. The number of piperidine rings is 1. The Morgan fingerprint density at radius 3 is 3.05 bits per heavy atom. The summed E-state index contributed by atoms with van der Waals surface area (Å²) in [5.74, 6) is -0.397. The van der Waals surface area contributed by atoms with Gasteiger partial charge in [-0.15, -0.1) is 0 Å². The lowest BCUT2D eigenvalue weighted by Gasteiger charge is -2.32. The Labute approximate surface area is 123 Å². The molecule has 1 atom stereocenters. The van der Waals surface area contributed by atoms with E-state index in [1.807, 2.05) is 0 Å². The molecular weight excluding hydrogens is 269 g/mol. The smallest absolute Gasteiger partial charge is 0.261 e. The molecule has 2 heterocycles. The van der Waals surface area contributed by atoms with Crippen LogP contribution in [0.2, 0.25) is 0 Å². The Kier molecular flexibility index (Phi) is 4.01. The molecule has 1 aliphatic rings. The number of benzene rings is 1. The zero-order chi connectivity index (χ0) is 14.8. The van der Waals surface area contributed by atoms with Gasteiger partial charge in [-0.05, 0) is 51.1 Å². The molecule has 0 amide bonds. The first kappa shape index (κ1) is 14.2. The van der Waals surface area contributed by atoms with Gasteiger partial charge in [0.15, 0.2) is 0 Å². The molecule has 3 rings (SSSR count). The predicted octanol–water partition coefficient (Wildman–Crippen LogP) is 2.41. The van der Waals surface area contributed by atoms with Crippen molar-refractivity contribution in [2.24, 2.45) is 0 Å². The summed E-state index contributed by atoms with van der Waals surface area (Å²) in [6.07, 6.45) is 6.19. The third-order valence-corrected chi connectivity index (χ3v) is 4.41. The normalized spacial score (nSPS) is 20.0. The van der Waals surface area contributed by atoms with E-state index in [0.29, 0.717) is 23.5 Å². The lowest BCUT2D eigenvalue weighted by molar-refractivity contribution is 0.170. The largest absolute Gasteiger partial charge is 0.303 e. The minimum absolute atomic E-state index is 0.155. The van der Waals surface area contributed by atoms with E-state index in [9.17, 15) is 9.18 Å². The van der Waals surface area contributed by atoms with Crippen molar-refractivity contribution in [3.05, 3.63) is 40.7 Å². The molecule has 1 aromatic carbocycles. The van der Waals surface area contributed by atoms with Crippen LogP contribution in [0.3, 0.4) is 0 Å². The van der Waals surface area contributed by atoms with Crippen LogP contribution < -0.4 is 5.56 Å². The van der Waals surface area contributed by atoms with E-state index in [4.69, 9.17) is 0 Å². The number of hydrogen-bond donors (Lipinski definition) is 0. The van der Waals surface area contributed by atoms with Crippen LogP contribution in [0.25, 0.3) is 10.9 Å². The van der Waals surface area contributed by atoms with Gasteiger partial charge in [-0.25, -0.2) is 9.37 Å². The van der Waals surface area contributed by atoms with E-state index in [2.05, 4.69) is 16.9 Å². The van der Waals surface area contributed by atoms with Crippen LogP contribution in [0.5, 0.6) is 0 Å². The molecule has 0 bridgehead atoms. The third kappa shape index (κ3) is 2.97. The molecule has 0 unspecified atom stereocenters. The lowest BCUT2D eigenvalue weighted by Crippen LogP contribution is -2.37. The average Bonchev–Trinajstić information content (AvgIpc) is 2.49. The van der Waals surface area contributed by atoms with Crippen LogP contribution >= 0.6 is 0 Å². The highest BCUT2D eigenvalue weighted by atomic mass is 19.1. The standard InChI is InChI=1S/C16H20FN3O/c1-19-8-3-2-4-13(19)7-9-20-11-18-15-6-5-12(17)10-14(15)16(20)21/h5-6,10-11,13H,2-4,7-9H2,1H3/t13-/m0/s1. The summed E-state index contributed by atoms with van der Waals surface area (Å²) in [4.78, 5) is 19.0. The molecule has 112 valence electrons. The second-order valence-electron chi connectivity index (χ2n) is 5.82. The van der Waals surface area contributed by atoms with Crippen molar-refractivity contribution in [2.75, 3.05) is 13.6 Å². The maximum absolute atomic E-state index is 13.3. The molecule has 0 spiro atoms. The summed E-state index contributed by atoms with van der Waals surface area (Å²) in [6, 6.07) is 4.67. The van der Waals surface area contributed by atoms with Gasteiger partial charge in [0.25, 0.3) is 5.56 Å². The minimum atomic E-state index is -0.397. The molecule has 1 saturated heterocycles. The highest BCUT2D eigenvalue weighted by Gasteiger charge is 2.18. The van der Waals surface area contributed by atoms with Crippen LogP contribution in [0.4, 0.5) is 4.39 Å². The monoisotopic (exact) mass is 289 g/mol. The van der Waals surface area contributed by atoms with Gasteiger partial charge < -0.3 is 4.90 Å². The van der Waals surface area contributed by atoms with Gasteiger partial charge in [-0.2, -0.15) is 0 Å². The summed E-state index contributed by atoms with van der Waals surface area (Å²) in [7, 11) is 2.14. The zero-order valence-electron chi connectivity index (χ0n) is 12.3. The maximum atomic E-state index is 13.3. The van der Waals surface area contributed by atoms with E-state index >= 15 is 0 Å². The molecule has 1 aromatic heterocycles. The quantitative estimate of drug-likeness (QED) is 0.871. The zero-order valence-corrected chi connectivity index (χ0v) is 12.3. The fourth-order valence-electron chi connectivity index (χ4n) is 3.09. The molecule has 1 fully saturated rings. The predicted molar refractivity (Wildman–Crippen MR) is 80.8 cm³/mol. The molecule has 0 N–H and O–H groups in total. The number of nitrogens with zero attached hydrogens (tertiary/aromatic N) is 3. The van der Waals surface area contributed by atoms with Gasteiger partial charge in [0.2, 0.25) is 0 Å². The summed E-state index contributed by atoms with van der Waals surface area (Å²) in [5.41, 5.74) is 0.394. The Hall–Kier alpha value is -1.75. The van der Waals surface area contributed by atoms with E-state index < -0.39 is 5.82 Å². The van der Waals surface area contributed by atoms with E-state index in [-0.39, 0.29) is 5.56 Å². The van der Waals surface area contributed by atoms with E-state index in [1.54, 1.807) is 17.0 Å². The van der Waals surface area contributed by atoms with Crippen molar-refractivity contribution in [3.8, 4) is 0 Å². The van der Waals surface area contributed by atoms with Gasteiger partial charge in [-0.1, -0.05) is 6.42 Å². The van der Waals surface area contributed by atoms with Gasteiger partial charge in [0.05, 0.1) is 17.2 Å². The van der Waals surface area contributed by atoms with Crippen LogP contribution in [-0.4, -0.2) is 34.1 Å². The highest BCUT2D eigenvalue weighted by Crippen LogP contribution is 2.18. The first-order valence-corrected chi connectivity index (χ1v) is 7.50. The Morgan fingerprint density at radius 1 is 1.38 bits per heavy atom. The van der Waals surface area contributed by atoms with Crippen molar-refractivity contribution in [2.45, 2.75) is 38.3 Å². The van der Waals surface area contributed by atoms with E-state index in [1.165, 1.54) is 31.4 Å². The number of hydrogen-bond acceptors (Lipinski definition) is 3. The molecule has 0 aliphatic carbocycles. The first-order chi connectivity index (χ1) is 10.1. The fourth-order valence-corrected chi connectivity index (χ4v) is 3.09. The Morgan fingerprint density at radius 2 is 2.24 bits per heavy atom. The Balaban J connectivity index is 1.81. The van der Waals surface area contributed by atoms with Gasteiger partial charge >= 0.3 is 0 Å². The van der Waals surface area contributed by atoms with Crippen molar-refractivity contribution in [1.82, 2.24) is 14.5 Å². The van der Waals surface area contributed by atoms with Crippen LogP contribution in [0.1, 0.15) is 25.7 Å². The molecule has 0 radical (unpaired) electrons. The van der Waals surface area contributed by atoms with Crippen molar-refractivity contribution in [1.29, 1.82) is 0 Å². The molecule has 2 aromatic rings. The SMILES string of the molecule is CN1CCCC[C@H]1CCn1cnc2ccc(F)cc2c1=O. The topological polar surface area (TPSA) is 38.1 Å². The van der Waals surface area contributed by atoms with Crippen LogP contribution in [0.15, 0.2) is 29.3 Å². The number of aromatic nitrogens is 2. The van der Waals surface area contributed by atoms with Crippen molar-refractivity contribution < 1.29 is 4.39 Å². The molecule has 4 nitrogen and oxygen atoms in total. The molecule has 0 saturated carbocycles. The Bertz CT molecular complexity index is 697. The highest BCUT2D eigenvalue weighted by molar-refractivity contribution is 5.77. The van der Waals surface area contributed by atoms with Crippen LogP contribution in [-0.2, 0) is 6.54 Å². The second-order valence-corrected chi connectivity index (χ2v) is 5.82. The number of aryl methyl sites for hydroxylation is 1. The molecule has 5 heteroatoms. The molecule has 21 heavy (non-hydrogen) atoms. The summed E-state index contributed by atoms with van der Waals surface area (Å²) in [6.45, 7) is 1.76. The number of fused-ring (bicyclic) bond motifs is 1. The summed E-state index contributed by atoms with van der Waals surface area (Å²) in [5, 5.41) is 0.356. The molecule has 1 aliphatic heterocycles. The second kappa shape index (κ2) is 5.93.